The zero-order valence-electron chi connectivity index (χ0n) is 7.93. The summed E-state index contributed by atoms with van der Waals surface area (Å²) in [6.07, 6.45) is 0.418. The lowest BCUT2D eigenvalue weighted by molar-refractivity contribution is -0.0627. The number of rotatable bonds is 3. The van der Waals surface area contributed by atoms with Crippen LogP contribution in [0.15, 0.2) is 30.3 Å². The number of aliphatic hydroxyl groups excluding tert-OH is 1. The first-order valence-electron chi connectivity index (χ1n) is 4.83. The molecule has 76 valence electrons. The quantitative estimate of drug-likeness (QED) is 0.792. The number of ether oxygens (including phenoxy) is 2. The molecule has 14 heavy (non-hydrogen) atoms. The van der Waals surface area contributed by atoms with Crippen molar-refractivity contribution in [2.45, 2.75) is 18.8 Å². The fraction of sp³-hybridized carbons (Fsp3) is 0.455. The van der Waals surface area contributed by atoms with Gasteiger partial charge in [-0.15, -0.1) is 0 Å². The van der Waals surface area contributed by atoms with E-state index in [-0.39, 0.29) is 19.0 Å². The van der Waals surface area contributed by atoms with E-state index in [9.17, 15) is 0 Å². The summed E-state index contributed by atoms with van der Waals surface area (Å²) in [5, 5.41) is 8.75. The third-order valence-corrected chi connectivity index (χ3v) is 2.27. The van der Waals surface area contributed by atoms with Gasteiger partial charge in [-0.2, -0.15) is 0 Å². The number of hydrogen-bond acceptors (Lipinski definition) is 3. The summed E-state index contributed by atoms with van der Waals surface area (Å²) >= 11 is 0. The average Bonchev–Trinajstić information content (AvgIpc) is 2.68. The molecule has 1 fully saturated rings. The van der Waals surface area contributed by atoms with Gasteiger partial charge >= 0.3 is 0 Å². The second-order valence-electron chi connectivity index (χ2n) is 3.35. The Bertz CT molecular complexity index is 273. The molecule has 1 saturated heterocycles. The molecular formula is C11H14O3. The molecular weight excluding hydrogens is 180 g/mol. The smallest absolute Gasteiger partial charge is 0.184 e. The van der Waals surface area contributed by atoms with Crippen LogP contribution in [0.3, 0.4) is 0 Å². The molecule has 1 heterocycles. The summed E-state index contributed by atoms with van der Waals surface area (Å²) in [5.41, 5.74) is 1.04. The Balaban J connectivity index is 1.96. The third-order valence-electron chi connectivity index (χ3n) is 2.27. The van der Waals surface area contributed by atoms with Gasteiger partial charge in [-0.3, -0.25) is 0 Å². The van der Waals surface area contributed by atoms with Crippen molar-refractivity contribution in [3.8, 4) is 0 Å². The lowest BCUT2D eigenvalue weighted by Gasteiger charge is -2.10. The predicted octanol–water partition coefficient (Wildman–Crippen LogP) is 1.48. The summed E-state index contributed by atoms with van der Waals surface area (Å²) in [5.74, 6) is 0. The molecule has 0 amide bonds. The highest BCUT2D eigenvalue weighted by molar-refractivity contribution is 5.16. The number of aliphatic hydroxyl groups is 1. The molecule has 0 spiro atoms. The Hall–Kier alpha value is -0.900. The molecule has 3 heteroatoms. The zero-order valence-corrected chi connectivity index (χ0v) is 7.93. The van der Waals surface area contributed by atoms with Gasteiger partial charge in [0.15, 0.2) is 6.29 Å². The molecule has 1 aromatic carbocycles. The highest BCUT2D eigenvalue weighted by Crippen LogP contribution is 2.27. The third kappa shape index (κ3) is 2.12. The topological polar surface area (TPSA) is 38.7 Å². The van der Waals surface area contributed by atoms with Crippen molar-refractivity contribution < 1.29 is 14.6 Å². The molecule has 1 N–H and O–H groups in total. The molecule has 3 nitrogen and oxygen atoms in total. The maximum Gasteiger partial charge on any atom is 0.184 e. The summed E-state index contributed by atoms with van der Waals surface area (Å²) in [7, 11) is 0. The Morgan fingerprint density at radius 1 is 1.29 bits per heavy atom. The van der Waals surface area contributed by atoms with E-state index in [1.165, 1.54) is 0 Å². The minimum Gasteiger partial charge on any atom is -0.396 e. The van der Waals surface area contributed by atoms with Crippen LogP contribution in [-0.4, -0.2) is 24.4 Å². The van der Waals surface area contributed by atoms with Gasteiger partial charge in [0.05, 0.1) is 12.7 Å². The highest BCUT2D eigenvalue weighted by atomic mass is 16.7. The predicted molar refractivity (Wildman–Crippen MR) is 51.7 cm³/mol. The van der Waals surface area contributed by atoms with Gasteiger partial charge in [0.2, 0.25) is 0 Å². The van der Waals surface area contributed by atoms with Crippen molar-refractivity contribution in [3.63, 3.8) is 0 Å². The van der Waals surface area contributed by atoms with Crippen LogP contribution >= 0.6 is 0 Å². The van der Waals surface area contributed by atoms with Gasteiger partial charge in [-0.05, 0) is 6.42 Å². The van der Waals surface area contributed by atoms with Crippen molar-refractivity contribution in [1.29, 1.82) is 0 Å². The van der Waals surface area contributed by atoms with Crippen LogP contribution in [0.2, 0.25) is 0 Å². The van der Waals surface area contributed by atoms with E-state index >= 15 is 0 Å². The van der Waals surface area contributed by atoms with Crippen molar-refractivity contribution in [2.24, 2.45) is 0 Å². The first-order valence-corrected chi connectivity index (χ1v) is 4.83. The van der Waals surface area contributed by atoms with Crippen LogP contribution in [0.1, 0.15) is 18.3 Å². The normalized spacial score (nSPS) is 26.6. The Kier molecular flexibility index (Phi) is 3.14. The number of benzene rings is 1. The largest absolute Gasteiger partial charge is 0.396 e. The van der Waals surface area contributed by atoms with E-state index in [1.54, 1.807) is 0 Å². The van der Waals surface area contributed by atoms with Gasteiger partial charge in [0.25, 0.3) is 0 Å². The van der Waals surface area contributed by atoms with E-state index < -0.39 is 0 Å². The molecule has 1 aliphatic rings. The van der Waals surface area contributed by atoms with Gasteiger partial charge in [0.1, 0.15) is 0 Å². The molecule has 0 aromatic heterocycles. The molecule has 1 aliphatic heterocycles. The van der Waals surface area contributed by atoms with Crippen molar-refractivity contribution >= 4 is 0 Å². The van der Waals surface area contributed by atoms with Crippen molar-refractivity contribution in [3.05, 3.63) is 35.9 Å². The first-order chi connectivity index (χ1) is 6.90. The van der Waals surface area contributed by atoms with Crippen LogP contribution in [0.25, 0.3) is 0 Å². The SMILES string of the molecule is OCC[C@@H]1CO[C@@H](c2ccccc2)O1. The van der Waals surface area contributed by atoms with Crippen LogP contribution in [-0.2, 0) is 9.47 Å². The summed E-state index contributed by atoms with van der Waals surface area (Å²) in [4.78, 5) is 0. The van der Waals surface area contributed by atoms with E-state index in [2.05, 4.69) is 0 Å². The summed E-state index contributed by atoms with van der Waals surface area (Å²) in [6.45, 7) is 0.718. The van der Waals surface area contributed by atoms with E-state index in [0.717, 1.165) is 5.56 Å². The van der Waals surface area contributed by atoms with Crippen LogP contribution in [0.5, 0.6) is 0 Å². The molecule has 0 saturated carbocycles. The minimum absolute atomic E-state index is 0.0326. The van der Waals surface area contributed by atoms with Crippen LogP contribution in [0.4, 0.5) is 0 Å². The monoisotopic (exact) mass is 194 g/mol. The van der Waals surface area contributed by atoms with Crippen LogP contribution in [0, 0.1) is 0 Å². The van der Waals surface area contributed by atoms with Crippen molar-refractivity contribution in [1.82, 2.24) is 0 Å². The van der Waals surface area contributed by atoms with Gasteiger partial charge in [-0.25, -0.2) is 0 Å². The van der Waals surface area contributed by atoms with E-state index in [4.69, 9.17) is 14.6 Å². The second-order valence-corrected chi connectivity index (χ2v) is 3.35. The standard InChI is InChI=1S/C11H14O3/c12-7-6-10-8-13-11(14-10)9-4-2-1-3-5-9/h1-5,10-12H,6-8H2/t10-,11-/m1/s1. The minimum atomic E-state index is -0.257. The lowest BCUT2D eigenvalue weighted by Crippen LogP contribution is -2.11. The van der Waals surface area contributed by atoms with Gasteiger partial charge in [0, 0.05) is 12.2 Å². The molecule has 2 atom stereocenters. The molecule has 0 bridgehead atoms. The average molecular weight is 194 g/mol. The Morgan fingerprint density at radius 2 is 2.07 bits per heavy atom. The zero-order chi connectivity index (χ0) is 9.80. The fourth-order valence-corrected chi connectivity index (χ4v) is 1.53. The lowest BCUT2D eigenvalue weighted by atomic mass is 10.2. The highest BCUT2D eigenvalue weighted by Gasteiger charge is 2.26. The first kappa shape index (κ1) is 9.65. The maximum absolute atomic E-state index is 8.75. The molecule has 0 radical (unpaired) electrons. The molecule has 1 aromatic rings. The van der Waals surface area contributed by atoms with Gasteiger partial charge < -0.3 is 14.6 Å². The van der Waals surface area contributed by atoms with Crippen LogP contribution < -0.4 is 0 Å². The number of hydrogen-bond donors (Lipinski definition) is 1. The molecule has 0 aliphatic carbocycles. The van der Waals surface area contributed by atoms with Crippen molar-refractivity contribution in [2.75, 3.05) is 13.2 Å². The Morgan fingerprint density at radius 3 is 2.79 bits per heavy atom. The summed E-state index contributed by atoms with van der Waals surface area (Å²) < 4.78 is 11.1. The maximum atomic E-state index is 8.75. The van der Waals surface area contributed by atoms with E-state index in [1.807, 2.05) is 30.3 Å². The summed E-state index contributed by atoms with van der Waals surface area (Å²) in [6, 6.07) is 9.84. The second kappa shape index (κ2) is 4.55. The van der Waals surface area contributed by atoms with Gasteiger partial charge in [-0.1, -0.05) is 30.3 Å². The Labute approximate surface area is 83.3 Å². The van der Waals surface area contributed by atoms with E-state index in [0.29, 0.717) is 13.0 Å². The fourth-order valence-electron chi connectivity index (χ4n) is 1.53. The molecule has 0 unspecified atom stereocenters. The molecule has 2 rings (SSSR count).